The summed E-state index contributed by atoms with van der Waals surface area (Å²) >= 11 is 6.00. The number of esters is 1. The van der Waals surface area contributed by atoms with Crippen LogP contribution in [0.15, 0.2) is 18.5 Å². The topological polar surface area (TPSA) is 51.2 Å². The van der Waals surface area contributed by atoms with Gasteiger partial charge < -0.3 is 10.1 Å². The molecular formula is C12H17ClN2O2. The zero-order valence-corrected chi connectivity index (χ0v) is 11.0. The molecule has 17 heavy (non-hydrogen) atoms. The summed E-state index contributed by atoms with van der Waals surface area (Å²) in [4.78, 5) is 15.7. The highest BCUT2D eigenvalue weighted by molar-refractivity contribution is 6.33. The fourth-order valence-corrected chi connectivity index (χ4v) is 1.88. The van der Waals surface area contributed by atoms with E-state index in [0.717, 1.165) is 6.42 Å². The molecule has 0 aromatic carbocycles. The van der Waals surface area contributed by atoms with Crippen molar-refractivity contribution in [2.75, 3.05) is 12.4 Å². The van der Waals surface area contributed by atoms with Crippen molar-refractivity contribution in [3.05, 3.63) is 23.5 Å². The Bertz CT molecular complexity index is 398. The largest absolute Gasteiger partial charge is 0.467 e. The number of nitrogens with one attached hydrogen (secondary N) is 1. The van der Waals surface area contributed by atoms with Gasteiger partial charge in [0.05, 0.1) is 17.8 Å². The Kier molecular flexibility index (Phi) is 4.75. The van der Waals surface area contributed by atoms with Crippen molar-refractivity contribution < 1.29 is 9.53 Å². The molecule has 0 aliphatic heterocycles. The lowest BCUT2D eigenvalue weighted by molar-refractivity contribution is -0.145. The lowest BCUT2D eigenvalue weighted by Gasteiger charge is -2.29. The predicted octanol–water partition coefficient (Wildman–Crippen LogP) is 2.88. The Morgan fingerprint density at radius 1 is 1.65 bits per heavy atom. The van der Waals surface area contributed by atoms with Crippen LogP contribution in [0.25, 0.3) is 0 Å². The fraction of sp³-hybridized carbons (Fsp3) is 0.500. The molecule has 0 saturated carbocycles. The standard InChI is InChI=1S/C12H17ClN2O2/c1-4-6-12(2,11(16)17-3)15-10-5-7-14-8-9(10)13/h5,7-8H,4,6H2,1-3H3,(H,14,15). The number of methoxy groups -OCH3 is 1. The van der Waals surface area contributed by atoms with Gasteiger partial charge in [-0.3, -0.25) is 4.98 Å². The van der Waals surface area contributed by atoms with Crippen molar-refractivity contribution in [2.24, 2.45) is 0 Å². The smallest absolute Gasteiger partial charge is 0.331 e. The van der Waals surface area contributed by atoms with Crippen LogP contribution >= 0.6 is 11.6 Å². The fourth-order valence-electron chi connectivity index (χ4n) is 1.71. The van der Waals surface area contributed by atoms with E-state index in [4.69, 9.17) is 16.3 Å². The third-order valence-electron chi connectivity index (χ3n) is 2.57. The summed E-state index contributed by atoms with van der Waals surface area (Å²) in [5, 5.41) is 3.61. The van der Waals surface area contributed by atoms with Crippen LogP contribution in [0, 0.1) is 0 Å². The highest BCUT2D eigenvalue weighted by atomic mass is 35.5. The molecule has 4 nitrogen and oxygen atoms in total. The first kappa shape index (κ1) is 13.8. The number of hydrogen-bond donors (Lipinski definition) is 1. The molecule has 0 aliphatic rings. The third-order valence-corrected chi connectivity index (χ3v) is 2.87. The molecule has 0 amide bonds. The van der Waals surface area contributed by atoms with E-state index in [1.54, 1.807) is 19.2 Å². The molecule has 5 heteroatoms. The van der Waals surface area contributed by atoms with E-state index in [-0.39, 0.29) is 5.97 Å². The molecule has 1 N–H and O–H groups in total. The lowest BCUT2D eigenvalue weighted by atomic mass is 9.96. The molecule has 1 unspecified atom stereocenters. The van der Waals surface area contributed by atoms with Gasteiger partial charge in [0.25, 0.3) is 0 Å². The number of rotatable bonds is 5. The molecule has 1 aromatic rings. The third kappa shape index (κ3) is 3.33. The van der Waals surface area contributed by atoms with Crippen LogP contribution < -0.4 is 5.32 Å². The van der Waals surface area contributed by atoms with Crippen molar-refractivity contribution >= 4 is 23.3 Å². The van der Waals surface area contributed by atoms with Gasteiger partial charge in [-0.05, 0) is 19.4 Å². The lowest BCUT2D eigenvalue weighted by Crippen LogP contribution is -2.44. The van der Waals surface area contributed by atoms with Gasteiger partial charge >= 0.3 is 5.97 Å². The summed E-state index contributed by atoms with van der Waals surface area (Å²) in [6.07, 6.45) is 4.69. The molecule has 94 valence electrons. The van der Waals surface area contributed by atoms with Gasteiger partial charge in [-0.15, -0.1) is 0 Å². The quantitative estimate of drug-likeness (QED) is 0.823. The first-order valence-electron chi connectivity index (χ1n) is 5.49. The first-order valence-corrected chi connectivity index (χ1v) is 5.87. The van der Waals surface area contributed by atoms with Crippen LogP contribution in [0.2, 0.25) is 5.02 Å². The molecule has 0 aliphatic carbocycles. The number of anilines is 1. The molecular weight excluding hydrogens is 240 g/mol. The van der Waals surface area contributed by atoms with Crippen LogP contribution in [0.5, 0.6) is 0 Å². The van der Waals surface area contributed by atoms with Crippen molar-refractivity contribution in [2.45, 2.75) is 32.2 Å². The van der Waals surface area contributed by atoms with Crippen molar-refractivity contribution in [3.8, 4) is 0 Å². The number of nitrogens with zero attached hydrogens (tertiary/aromatic N) is 1. The summed E-state index contributed by atoms with van der Waals surface area (Å²) in [5.41, 5.74) is -0.0860. The monoisotopic (exact) mass is 256 g/mol. The normalized spacial score (nSPS) is 13.9. The van der Waals surface area contributed by atoms with Gasteiger partial charge in [0.2, 0.25) is 0 Å². The minimum Gasteiger partial charge on any atom is -0.467 e. The summed E-state index contributed by atoms with van der Waals surface area (Å²) < 4.78 is 4.82. The Morgan fingerprint density at radius 2 is 2.35 bits per heavy atom. The van der Waals surface area contributed by atoms with E-state index < -0.39 is 5.54 Å². The van der Waals surface area contributed by atoms with Gasteiger partial charge in [0.15, 0.2) is 0 Å². The van der Waals surface area contributed by atoms with E-state index in [9.17, 15) is 4.79 Å². The summed E-state index contributed by atoms with van der Waals surface area (Å²) in [5.74, 6) is -0.299. The van der Waals surface area contributed by atoms with Gasteiger partial charge in [-0.2, -0.15) is 0 Å². The maximum Gasteiger partial charge on any atom is 0.331 e. The van der Waals surface area contributed by atoms with Crippen LogP contribution in [0.4, 0.5) is 5.69 Å². The van der Waals surface area contributed by atoms with E-state index in [1.165, 1.54) is 13.3 Å². The average molecular weight is 257 g/mol. The van der Waals surface area contributed by atoms with Crippen LogP contribution in [0.1, 0.15) is 26.7 Å². The van der Waals surface area contributed by atoms with E-state index in [2.05, 4.69) is 10.3 Å². The van der Waals surface area contributed by atoms with Gasteiger partial charge in [-0.25, -0.2) is 4.79 Å². The maximum atomic E-state index is 11.8. The molecule has 1 aromatic heterocycles. The number of halogens is 1. The summed E-state index contributed by atoms with van der Waals surface area (Å²) in [7, 11) is 1.38. The second-order valence-corrected chi connectivity index (χ2v) is 4.46. The molecule has 0 fully saturated rings. The minimum atomic E-state index is -0.769. The SMILES string of the molecule is CCCC(C)(Nc1ccncc1Cl)C(=O)OC. The van der Waals surface area contributed by atoms with Crippen LogP contribution in [-0.4, -0.2) is 23.6 Å². The second-order valence-electron chi connectivity index (χ2n) is 4.05. The van der Waals surface area contributed by atoms with Crippen LogP contribution in [0.3, 0.4) is 0 Å². The summed E-state index contributed by atoms with van der Waals surface area (Å²) in [6.45, 7) is 3.82. The number of carbonyl (C=O) groups excluding carboxylic acids is 1. The maximum absolute atomic E-state index is 11.8. The van der Waals surface area contributed by atoms with E-state index >= 15 is 0 Å². The minimum absolute atomic E-state index is 0.299. The molecule has 0 radical (unpaired) electrons. The Labute approximate surface area is 106 Å². The highest BCUT2D eigenvalue weighted by Gasteiger charge is 2.33. The van der Waals surface area contributed by atoms with Crippen molar-refractivity contribution in [1.82, 2.24) is 4.98 Å². The van der Waals surface area contributed by atoms with Crippen molar-refractivity contribution in [3.63, 3.8) is 0 Å². The Morgan fingerprint density at radius 3 is 2.88 bits per heavy atom. The van der Waals surface area contributed by atoms with Crippen LogP contribution in [-0.2, 0) is 9.53 Å². The molecule has 0 bridgehead atoms. The van der Waals surface area contributed by atoms with Crippen molar-refractivity contribution in [1.29, 1.82) is 0 Å². The average Bonchev–Trinajstić information content (AvgIpc) is 2.31. The number of pyridine rings is 1. The molecule has 1 atom stereocenters. The van der Waals surface area contributed by atoms with Gasteiger partial charge in [0, 0.05) is 12.4 Å². The van der Waals surface area contributed by atoms with Gasteiger partial charge in [0.1, 0.15) is 5.54 Å². The van der Waals surface area contributed by atoms with E-state index in [1.807, 2.05) is 6.92 Å². The molecule has 1 rings (SSSR count). The second kappa shape index (κ2) is 5.87. The molecule has 0 saturated heterocycles. The van der Waals surface area contributed by atoms with E-state index in [0.29, 0.717) is 17.1 Å². The zero-order chi connectivity index (χ0) is 12.9. The summed E-state index contributed by atoms with van der Waals surface area (Å²) in [6, 6.07) is 1.74. The number of aromatic nitrogens is 1. The first-order chi connectivity index (χ1) is 8.03. The predicted molar refractivity (Wildman–Crippen MR) is 68.2 cm³/mol. The number of ether oxygens (including phenoxy) is 1. The Hall–Kier alpha value is -1.29. The zero-order valence-electron chi connectivity index (χ0n) is 10.3. The molecule has 1 heterocycles. The Balaban J connectivity index is 2.94. The number of carbonyl (C=O) groups is 1. The number of hydrogen-bond acceptors (Lipinski definition) is 4. The molecule has 0 spiro atoms. The highest BCUT2D eigenvalue weighted by Crippen LogP contribution is 2.26. The van der Waals surface area contributed by atoms with Gasteiger partial charge in [-0.1, -0.05) is 24.9 Å².